The standard InChI is InChI=1S/C18H21NO2/c1-13-7-3-5-9-15(13)11-18(21)19-12-17(20)16-10-6-4-8-14(16)2/h3-10,17,20H,11-12H2,1-2H3,(H,19,21). The van der Waals surface area contributed by atoms with Crippen molar-refractivity contribution in [3.63, 3.8) is 0 Å². The molecular weight excluding hydrogens is 262 g/mol. The maximum atomic E-state index is 12.0. The molecule has 0 aliphatic rings. The minimum absolute atomic E-state index is 0.0723. The second kappa shape index (κ2) is 7.04. The smallest absolute Gasteiger partial charge is 0.224 e. The van der Waals surface area contributed by atoms with E-state index in [0.717, 1.165) is 22.3 Å². The number of hydrogen-bond acceptors (Lipinski definition) is 2. The highest BCUT2D eigenvalue weighted by molar-refractivity contribution is 5.78. The molecule has 0 saturated carbocycles. The molecule has 0 spiro atoms. The van der Waals surface area contributed by atoms with Crippen molar-refractivity contribution in [2.24, 2.45) is 0 Å². The first kappa shape index (κ1) is 15.3. The number of aryl methyl sites for hydroxylation is 2. The van der Waals surface area contributed by atoms with E-state index in [2.05, 4.69) is 5.32 Å². The third-order valence-electron chi connectivity index (χ3n) is 3.65. The zero-order valence-corrected chi connectivity index (χ0v) is 12.5. The summed E-state index contributed by atoms with van der Waals surface area (Å²) >= 11 is 0. The SMILES string of the molecule is Cc1ccccc1CC(=O)NCC(O)c1ccccc1C. The number of nitrogens with one attached hydrogen (secondary N) is 1. The van der Waals surface area contributed by atoms with Gasteiger partial charge >= 0.3 is 0 Å². The van der Waals surface area contributed by atoms with E-state index in [4.69, 9.17) is 0 Å². The van der Waals surface area contributed by atoms with Crippen LogP contribution in [0, 0.1) is 13.8 Å². The van der Waals surface area contributed by atoms with Crippen LogP contribution in [0.4, 0.5) is 0 Å². The highest BCUT2D eigenvalue weighted by atomic mass is 16.3. The lowest BCUT2D eigenvalue weighted by atomic mass is 10.0. The molecule has 0 aromatic heterocycles. The van der Waals surface area contributed by atoms with Crippen LogP contribution in [0.1, 0.15) is 28.4 Å². The van der Waals surface area contributed by atoms with Crippen LogP contribution in [0.3, 0.4) is 0 Å². The summed E-state index contributed by atoms with van der Waals surface area (Å²) in [7, 11) is 0. The monoisotopic (exact) mass is 283 g/mol. The lowest BCUT2D eigenvalue weighted by Gasteiger charge is -2.14. The van der Waals surface area contributed by atoms with Crippen molar-refractivity contribution in [3.05, 3.63) is 70.8 Å². The Morgan fingerprint density at radius 2 is 1.67 bits per heavy atom. The number of benzene rings is 2. The van der Waals surface area contributed by atoms with Crippen molar-refractivity contribution in [1.82, 2.24) is 5.32 Å². The van der Waals surface area contributed by atoms with Crippen molar-refractivity contribution in [2.45, 2.75) is 26.4 Å². The zero-order chi connectivity index (χ0) is 15.2. The van der Waals surface area contributed by atoms with E-state index < -0.39 is 6.10 Å². The Bertz CT molecular complexity index is 622. The molecule has 2 aromatic carbocycles. The Kier molecular flexibility index (Phi) is 5.12. The molecule has 0 aliphatic carbocycles. The molecule has 1 amide bonds. The lowest BCUT2D eigenvalue weighted by molar-refractivity contribution is -0.120. The molecule has 21 heavy (non-hydrogen) atoms. The van der Waals surface area contributed by atoms with Crippen LogP contribution < -0.4 is 5.32 Å². The summed E-state index contributed by atoms with van der Waals surface area (Å²) in [5, 5.41) is 13.0. The van der Waals surface area contributed by atoms with Crippen molar-refractivity contribution in [3.8, 4) is 0 Å². The number of amides is 1. The quantitative estimate of drug-likeness (QED) is 0.886. The van der Waals surface area contributed by atoms with Crippen LogP contribution in [-0.4, -0.2) is 17.6 Å². The summed E-state index contributed by atoms with van der Waals surface area (Å²) in [6.07, 6.45) is -0.334. The van der Waals surface area contributed by atoms with Gasteiger partial charge in [-0.05, 0) is 36.1 Å². The second-order valence-electron chi connectivity index (χ2n) is 5.28. The topological polar surface area (TPSA) is 49.3 Å². The van der Waals surface area contributed by atoms with Gasteiger partial charge in [-0.25, -0.2) is 0 Å². The van der Waals surface area contributed by atoms with E-state index in [9.17, 15) is 9.90 Å². The Balaban J connectivity index is 1.90. The molecule has 0 saturated heterocycles. The molecule has 1 atom stereocenters. The zero-order valence-electron chi connectivity index (χ0n) is 12.5. The maximum absolute atomic E-state index is 12.0. The average molecular weight is 283 g/mol. The molecule has 3 heteroatoms. The van der Waals surface area contributed by atoms with Gasteiger partial charge < -0.3 is 10.4 Å². The van der Waals surface area contributed by atoms with Gasteiger partial charge in [-0.15, -0.1) is 0 Å². The first-order valence-corrected chi connectivity index (χ1v) is 7.12. The Hall–Kier alpha value is -2.13. The first-order valence-electron chi connectivity index (χ1n) is 7.12. The highest BCUT2D eigenvalue weighted by Crippen LogP contribution is 2.16. The van der Waals surface area contributed by atoms with Gasteiger partial charge in [0.1, 0.15) is 0 Å². The molecular formula is C18H21NO2. The summed E-state index contributed by atoms with van der Waals surface area (Å²) in [5.41, 5.74) is 4.00. The minimum atomic E-state index is -0.674. The van der Waals surface area contributed by atoms with Crippen LogP contribution in [0.15, 0.2) is 48.5 Å². The Morgan fingerprint density at radius 1 is 1.05 bits per heavy atom. The van der Waals surface area contributed by atoms with Crippen molar-refractivity contribution in [1.29, 1.82) is 0 Å². The van der Waals surface area contributed by atoms with Gasteiger partial charge in [0.05, 0.1) is 12.5 Å². The summed E-state index contributed by atoms with van der Waals surface area (Å²) in [4.78, 5) is 12.0. The number of hydrogen-bond donors (Lipinski definition) is 2. The largest absolute Gasteiger partial charge is 0.387 e. The van der Waals surface area contributed by atoms with Gasteiger partial charge in [-0.3, -0.25) is 4.79 Å². The molecule has 3 nitrogen and oxygen atoms in total. The fourth-order valence-electron chi connectivity index (χ4n) is 2.33. The normalized spacial score (nSPS) is 12.0. The third kappa shape index (κ3) is 4.17. The number of carbonyl (C=O) groups is 1. The summed E-state index contributed by atoms with van der Waals surface area (Å²) in [6.45, 7) is 4.17. The van der Waals surface area contributed by atoms with Gasteiger partial charge in [-0.2, -0.15) is 0 Å². The Labute approximate surface area is 125 Å². The molecule has 0 bridgehead atoms. The minimum Gasteiger partial charge on any atom is -0.387 e. The second-order valence-corrected chi connectivity index (χ2v) is 5.28. The number of aliphatic hydroxyl groups is 1. The molecule has 0 fully saturated rings. The summed E-state index contributed by atoms with van der Waals surface area (Å²) < 4.78 is 0. The Morgan fingerprint density at radius 3 is 2.33 bits per heavy atom. The van der Waals surface area contributed by atoms with E-state index in [1.54, 1.807) is 0 Å². The molecule has 0 radical (unpaired) electrons. The predicted octanol–water partition coefficient (Wildman–Crippen LogP) is 2.70. The molecule has 0 aliphatic heterocycles. The van der Waals surface area contributed by atoms with Gasteiger partial charge in [0.15, 0.2) is 0 Å². The van der Waals surface area contributed by atoms with E-state index >= 15 is 0 Å². The molecule has 2 aromatic rings. The van der Waals surface area contributed by atoms with Gasteiger partial charge in [-0.1, -0.05) is 48.5 Å². The van der Waals surface area contributed by atoms with Crippen LogP contribution >= 0.6 is 0 Å². The van der Waals surface area contributed by atoms with Gasteiger partial charge in [0.25, 0.3) is 0 Å². The molecule has 1 unspecified atom stereocenters. The average Bonchev–Trinajstić information content (AvgIpc) is 2.48. The van der Waals surface area contributed by atoms with Crippen LogP contribution in [0.2, 0.25) is 0 Å². The van der Waals surface area contributed by atoms with Crippen LogP contribution in [0.5, 0.6) is 0 Å². The fourth-order valence-corrected chi connectivity index (χ4v) is 2.33. The van der Waals surface area contributed by atoms with Gasteiger partial charge in [0, 0.05) is 6.54 Å². The first-order chi connectivity index (χ1) is 10.1. The van der Waals surface area contributed by atoms with E-state index in [1.807, 2.05) is 62.4 Å². The lowest BCUT2D eigenvalue weighted by Crippen LogP contribution is -2.30. The van der Waals surface area contributed by atoms with Crippen molar-refractivity contribution >= 4 is 5.91 Å². The van der Waals surface area contributed by atoms with Crippen LogP contribution in [-0.2, 0) is 11.2 Å². The number of aliphatic hydroxyl groups excluding tert-OH is 1. The third-order valence-corrected chi connectivity index (χ3v) is 3.65. The molecule has 0 heterocycles. The van der Waals surface area contributed by atoms with E-state index in [0.29, 0.717) is 6.42 Å². The fraction of sp³-hybridized carbons (Fsp3) is 0.278. The maximum Gasteiger partial charge on any atom is 0.224 e. The van der Waals surface area contributed by atoms with Crippen molar-refractivity contribution < 1.29 is 9.90 Å². The van der Waals surface area contributed by atoms with Gasteiger partial charge in [0.2, 0.25) is 5.91 Å². The number of rotatable bonds is 5. The molecule has 2 N–H and O–H groups in total. The highest BCUT2D eigenvalue weighted by Gasteiger charge is 2.12. The molecule has 110 valence electrons. The molecule has 2 rings (SSSR count). The summed E-state index contributed by atoms with van der Waals surface area (Å²) in [6, 6.07) is 15.5. The number of carbonyl (C=O) groups excluding carboxylic acids is 1. The summed E-state index contributed by atoms with van der Waals surface area (Å²) in [5.74, 6) is -0.0723. The van der Waals surface area contributed by atoms with Crippen LogP contribution in [0.25, 0.3) is 0 Å². The van der Waals surface area contributed by atoms with E-state index in [-0.39, 0.29) is 12.5 Å². The predicted molar refractivity (Wildman–Crippen MR) is 84.0 cm³/mol. The van der Waals surface area contributed by atoms with E-state index in [1.165, 1.54) is 0 Å². The van der Waals surface area contributed by atoms with Crippen molar-refractivity contribution in [2.75, 3.05) is 6.54 Å².